The summed E-state index contributed by atoms with van der Waals surface area (Å²) in [5.41, 5.74) is 1.51. The van der Waals surface area contributed by atoms with Gasteiger partial charge in [-0.1, -0.05) is 0 Å². The summed E-state index contributed by atoms with van der Waals surface area (Å²) in [5.74, 6) is -0.0373. The van der Waals surface area contributed by atoms with Crippen molar-refractivity contribution in [2.45, 2.75) is 64.6 Å². The number of nitrogens with one attached hydrogen (secondary N) is 3. The van der Waals surface area contributed by atoms with Crippen LogP contribution >= 0.6 is 0 Å². The number of H-pyrrole nitrogens is 1. The van der Waals surface area contributed by atoms with Gasteiger partial charge in [-0.15, -0.1) is 0 Å². The second-order valence-corrected chi connectivity index (χ2v) is 6.88. The number of piperidine rings is 1. The number of aryl methyl sites for hydroxylation is 1. The van der Waals surface area contributed by atoms with Crippen molar-refractivity contribution in [3.63, 3.8) is 0 Å². The van der Waals surface area contributed by atoms with E-state index in [1.54, 1.807) is 6.20 Å². The zero-order valence-corrected chi connectivity index (χ0v) is 12.4. The van der Waals surface area contributed by atoms with Gasteiger partial charge >= 0.3 is 0 Å². The van der Waals surface area contributed by atoms with Crippen LogP contribution in [0.2, 0.25) is 0 Å². The molecule has 1 saturated heterocycles. The summed E-state index contributed by atoms with van der Waals surface area (Å²) in [6, 6.07) is 0.188. The average molecular weight is 264 g/mol. The van der Waals surface area contributed by atoms with E-state index in [1.165, 1.54) is 0 Å². The van der Waals surface area contributed by atoms with Crippen LogP contribution in [-0.2, 0) is 0 Å². The molecule has 2 rings (SSSR count). The van der Waals surface area contributed by atoms with E-state index in [4.69, 9.17) is 0 Å². The molecule has 19 heavy (non-hydrogen) atoms. The van der Waals surface area contributed by atoms with Crippen molar-refractivity contribution in [3.05, 3.63) is 17.5 Å². The van der Waals surface area contributed by atoms with Crippen LogP contribution in [0.15, 0.2) is 6.20 Å². The molecule has 0 atom stereocenters. The van der Waals surface area contributed by atoms with E-state index in [1.807, 2.05) is 6.92 Å². The maximum absolute atomic E-state index is 12.2. The van der Waals surface area contributed by atoms with Gasteiger partial charge < -0.3 is 10.6 Å². The lowest BCUT2D eigenvalue weighted by Crippen LogP contribution is -2.62. The van der Waals surface area contributed by atoms with Crippen molar-refractivity contribution in [1.82, 2.24) is 20.8 Å². The molecule has 3 N–H and O–H groups in total. The number of hydrogen-bond donors (Lipinski definition) is 3. The summed E-state index contributed by atoms with van der Waals surface area (Å²) in [5, 5.41) is 13.4. The molecule has 106 valence electrons. The summed E-state index contributed by atoms with van der Waals surface area (Å²) in [4.78, 5) is 12.2. The molecular weight excluding hydrogens is 240 g/mol. The Labute approximate surface area is 114 Å². The molecular formula is C14H24N4O. The first-order valence-electron chi connectivity index (χ1n) is 6.79. The molecule has 5 heteroatoms. The maximum Gasteiger partial charge on any atom is 0.254 e. The molecule has 0 bridgehead atoms. The number of aromatic amines is 1. The molecule has 1 aliphatic rings. The highest BCUT2D eigenvalue weighted by Crippen LogP contribution is 2.28. The minimum absolute atomic E-state index is 0.0329. The predicted molar refractivity (Wildman–Crippen MR) is 75.1 cm³/mol. The summed E-state index contributed by atoms with van der Waals surface area (Å²) in [7, 11) is 0. The van der Waals surface area contributed by atoms with Crippen LogP contribution in [0.5, 0.6) is 0 Å². The highest BCUT2D eigenvalue weighted by Gasteiger charge is 2.38. The standard InChI is InChI=1S/C14H24N4O/c1-9-11(8-15-17-9)12(19)16-10-6-13(2,3)18-14(4,5)7-10/h8,10,18H,6-7H2,1-5H3,(H,15,17)(H,16,19). The first-order valence-corrected chi connectivity index (χ1v) is 6.79. The summed E-state index contributed by atoms with van der Waals surface area (Å²) in [6.45, 7) is 10.6. The third-order valence-corrected chi connectivity index (χ3v) is 3.60. The van der Waals surface area contributed by atoms with Gasteiger partial charge in [0.1, 0.15) is 0 Å². The Hall–Kier alpha value is -1.36. The van der Waals surface area contributed by atoms with Crippen molar-refractivity contribution in [2.24, 2.45) is 0 Å². The lowest BCUT2D eigenvalue weighted by molar-refractivity contribution is 0.0872. The van der Waals surface area contributed by atoms with Crippen LogP contribution in [0.1, 0.15) is 56.6 Å². The fourth-order valence-electron chi connectivity index (χ4n) is 3.27. The fourth-order valence-corrected chi connectivity index (χ4v) is 3.27. The number of carbonyl (C=O) groups excluding carboxylic acids is 1. The van der Waals surface area contributed by atoms with Crippen molar-refractivity contribution in [3.8, 4) is 0 Å². The number of aromatic nitrogens is 2. The Kier molecular flexibility index (Phi) is 3.43. The van der Waals surface area contributed by atoms with Crippen LogP contribution in [0.4, 0.5) is 0 Å². The first-order chi connectivity index (χ1) is 8.69. The monoisotopic (exact) mass is 264 g/mol. The molecule has 0 aromatic carbocycles. The van der Waals surface area contributed by atoms with E-state index in [0.717, 1.165) is 18.5 Å². The van der Waals surface area contributed by atoms with Gasteiger partial charge in [0.15, 0.2) is 0 Å². The SMILES string of the molecule is Cc1[nH]ncc1C(=O)NC1CC(C)(C)NC(C)(C)C1. The number of nitrogens with zero attached hydrogens (tertiary/aromatic N) is 1. The van der Waals surface area contributed by atoms with Crippen LogP contribution < -0.4 is 10.6 Å². The van der Waals surface area contributed by atoms with E-state index in [2.05, 4.69) is 48.5 Å². The van der Waals surface area contributed by atoms with E-state index in [9.17, 15) is 4.79 Å². The van der Waals surface area contributed by atoms with Crippen molar-refractivity contribution >= 4 is 5.91 Å². The molecule has 1 amide bonds. The van der Waals surface area contributed by atoms with Crippen LogP contribution in [0.25, 0.3) is 0 Å². The minimum atomic E-state index is -0.0373. The number of rotatable bonds is 2. The molecule has 1 aliphatic heterocycles. The van der Waals surface area contributed by atoms with E-state index >= 15 is 0 Å². The van der Waals surface area contributed by atoms with Gasteiger partial charge in [-0.2, -0.15) is 5.10 Å². The number of carbonyl (C=O) groups is 1. The van der Waals surface area contributed by atoms with Gasteiger partial charge in [-0.05, 0) is 47.5 Å². The number of hydrogen-bond acceptors (Lipinski definition) is 3. The van der Waals surface area contributed by atoms with E-state index in [0.29, 0.717) is 5.56 Å². The summed E-state index contributed by atoms with van der Waals surface area (Å²) >= 11 is 0. The zero-order valence-electron chi connectivity index (χ0n) is 12.4. The van der Waals surface area contributed by atoms with Gasteiger partial charge in [0.05, 0.1) is 11.8 Å². The van der Waals surface area contributed by atoms with Crippen molar-refractivity contribution in [2.75, 3.05) is 0 Å². The van der Waals surface area contributed by atoms with E-state index < -0.39 is 0 Å². The van der Waals surface area contributed by atoms with Gasteiger partial charge in [0.25, 0.3) is 5.91 Å². The van der Waals surface area contributed by atoms with Gasteiger partial charge in [-0.25, -0.2) is 0 Å². The third kappa shape index (κ3) is 3.35. The third-order valence-electron chi connectivity index (χ3n) is 3.60. The summed E-state index contributed by atoms with van der Waals surface area (Å²) < 4.78 is 0. The lowest BCUT2D eigenvalue weighted by atomic mass is 9.79. The second-order valence-electron chi connectivity index (χ2n) is 6.88. The van der Waals surface area contributed by atoms with Gasteiger partial charge in [-0.3, -0.25) is 9.89 Å². The highest BCUT2D eigenvalue weighted by molar-refractivity contribution is 5.95. The maximum atomic E-state index is 12.2. The molecule has 2 heterocycles. The van der Waals surface area contributed by atoms with E-state index in [-0.39, 0.29) is 23.0 Å². The topological polar surface area (TPSA) is 69.8 Å². The Bertz CT molecular complexity index is 460. The Morgan fingerprint density at radius 3 is 2.37 bits per heavy atom. The van der Waals surface area contributed by atoms with Crippen molar-refractivity contribution in [1.29, 1.82) is 0 Å². The normalized spacial score (nSPS) is 22.2. The molecule has 1 aromatic rings. The molecule has 5 nitrogen and oxygen atoms in total. The summed E-state index contributed by atoms with van der Waals surface area (Å²) in [6.07, 6.45) is 3.44. The van der Waals surface area contributed by atoms with Gasteiger partial charge in [0.2, 0.25) is 0 Å². The molecule has 1 fully saturated rings. The van der Waals surface area contributed by atoms with Crippen LogP contribution in [0.3, 0.4) is 0 Å². The molecule has 1 aromatic heterocycles. The highest BCUT2D eigenvalue weighted by atomic mass is 16.1. The van der Waals surface area contributed by atoms with Gasteiger partial charge in [0, 0.05) is 22.8 Å². The molecule has 0 unspecified atom stereocenters. The van der Waals surface area contributed by atoms with Crippen molar-refractivity contribution < 1.29 is 4.79 Å². The smallest absolute Gasteiger partial charge is 0.254 e. The Morgan fingerprint density at radius 2 is 1.89 bits per heavy atom. The Balaban J connectivity index is 2.07. The van der Waals surface area contributed by atoms with Crippen LogP contribution in [0, 0.1) is 6.92 Å². The Morgan fingerprint density at radius 1 is 1.32 bits per heavy atom. The quantitative estimate of drug-likeness (QED) is 0.762. The minimum Gasteiger partial charge on any atom is -0.349 e. The molecule has 0 aliphatic carbocycles. The molecule has 0 saturated carbocycles. The second kappa shape index (κ2) is 4.63. The lowest BCUT2D eigenvalue weighted by Gasteiger charge is -2.46. The number of amides is 1. The first kappa shape index (κ1) is 14.1. The zero-order chi connectivity index (χ0) is 14.3. The fraction of sp³-hybridized carbons (Fsp3) is 0.714. The van der Waals surface area contributed by atoms with Crippen LogP contribution in [-0.4, -0.2) is 33.2 Å². The molecule has 0 spiro atoms. The predicted octanol–water partition coefficient (Wildman–Crippen LogP) is 1.76. The largest absolute Gasteiger partial charge is 0.349 e. The molecule has 0 radical (unpaired) electrons. The average Bonchev–Trinajstić information content (AvgIpc) is 2.58.